The molecule has 1 aromatic heterocycles. The van der Waals surface area contributed by atoms with Crippen molar-refractivity contribution >= 4 is 19.1 Å². The average Bonchev–Trinajstić information content (AvgIpc) is 2.65. The first-order valence-electron chi connectivity index (χ1n) is 9.98. The molecule has 27 heavy (non-hydrogen) atoms. The first kappa shape index (κ1) is 19.6. The van der Waals surface area contributed by atoms with Crippen LogP contribution in [0.15, 0.2) is 60.9 Å². The average molecular weight is 378 g/mol. The molecule has 0 radical (unpaired) electrons. The van der Waals surface area contributed by atoms with E-state index in [0.717, 1.165) is 16.7 Å². The van der Waals surface area contributed by atoms with E-state index in [-0.39, 0.29) is 0 Å². The highest BCUT2D eigenvalue weighted by molar-refractivity contribution is 6.78. The van der Waals surface area contributed by atoms with Crippen LogP contribution in [0.25, 0.3) is 21.9 Å². The molecule has 0 aliphatic carbocycles. The van der Waals surface area contributed by atoms with Gasteiger partial charge in [0.25, 0.3) is 8.32 Å². The molecular formula is C24H31NOSi. The lowest BCUT2D eigenvalue weighted by atomic mass is 10.0. The molecule has 0 unspecified atom stereocenters. The smallest absolute Gasteiger partial charge is 0.258 e. The van der Waals surface area contributed by atoms with Crippen LogP contribution in [0, 0.1) is 0 Å². The second-order valence-corrected chi connectivity index (χ2v) is 13.7. The molecule has 0 spiro atoms. The Morgan fingerprint density at radius 3 is 2.00 bits per heavy atom. The molecule has 2 aromatic carbocycles. The molecule has 0 aliphatic rings. The van der Waals surface area contributed by atoms with Crippen molar-refractivity contribution in [3.05, 3.63) is 60.9 Å². The predicted octanol–water partition coefficient (Wildman–Crippen LogP) is 7.46. The van der Waals surface area contributed by atoms with Gasteiger partial charge >= 0.3 is 0 Å². The van der Waals surface area contributed by atoms with Gasteiger partial charge in [-0.05, 0) is 45.8 Å². The maximum atomic E-state index is 7.10. The molecular weight excluding hydrogens is 346 g/mol. The van der Waals surface area contributed by atoms with E-state index in [0.29, 0.717) is 16.6 Å². The van der Waals surface area contributed by atoms with Crippen molar-refractivity contribution in [3.8, 4) is 16.9 Å². The molecule has 2 nitrogen and oxygen atoms in total. The third kappa shape index (κ3) is 3.66. The van der Waals surface area contributed by atoms with Crippen LogP contribution in [0.4, 0.5) is 0 Å². The normalized spacial score (nSPS) is 12.3. The first-order chi connectivity index (χ1) is 12.9. The molecule has 0 N–H and O–H groups in total. The predicted molar refractivity (Wildman–Crippen MR) is 119 cm³/mol. The summed E-state index contributed by atoms with van der Waals surface area (Å²) in [5, 5.41) is 2.33. The van der Waals surface area contributed by atoms with Gasteiger partial charge in [-0.2, -0.15) is 0 Å². The lowest BCUT2D eigenvalue weighted by Gasteiger charge is -2.42. The lowest BCUT2D eigenvalue weighted by molar-refractivity contribution is 0.482. The minimum Gasteiger partial charge on any atom is -0.542 e. The standard InChI is InChI=1S/C24H31NOSi/c1-17(2)27(18(3)4,19(5)6)26-24-15-21-12-13-25-16-22(21)14-23(24)20-10-8-7-9-11-20/h7-19H,1-6H3. The van der Waals surface area contributed by atoms with E-state index in [1.807, 2.05) is 12.4 Å². The summed E-state index contributed by atoms with van der Waals surface area (Å²) >= 11 is 0. The van der Waals surface area contributed by atoms with Gasteiger partial charge in [0.05, 0.1) is 0 Å². The van der Waals surface area contributed by atoms with E-state index in [2.05, 4.69) is 95.1 Å². The molecule has 3 rings (SSSR count). The Morgan fingerprint density at radius 1 is 0.778 bits per heavy atom. The second-order valence-electron chi connectivity index (χ2n) is 8.36. The SMILES string of the molecule is CC(C)[Si](Oc1cc2ccncc2cc1-c1ccccc1)(C(C)C)C(C)C. The number of benzene rings is 2. The highest BCUT2D eigenvalue weighted by Gasteiger charge is 2.47. The zero-order chi connectivity index (χ0) is 19.6. The number of fused-ring (bicyclic) bond motifs is 1. The fraction of sp³-hybridized carbons (Fsp3) is 0.375. The highest BCUT2D eigenvalue weighted by atomic mass is 28.4. The van der Waals surface area contributed by atoms with Crippen molar-refractivity contribution in [2.45, 2.75) is 58.2 Å². The fourth-order valence-corrected chi connectivity index (χ4v) is 9.84. The Hall–Kier alpha value is -2.13. The van der Waals surface area contributed by atoms with Crippen LogP contribution in [-0.4, -0.2) is 13.3 Å². The summed E-state index contributed by atoms with van der Waals surface area (Å²) in [6, 6.07) is 17.1. The molecule has 0 saturated carbocycles. The minimum atomic E-state index is -2.04. The largest absolute Gasteiger partial charge is 0.542 e. The molecule has 0 saturated heterocycles. The topological polar surface area (TPSA) is 22.1 Å². The third-order valence-electron chi connectivity index (χ3n) is 5.82. The van der Waals surface area contributed by atoms with Crippen LogP contribution < -0.4 is 4.43 Å². The number of hydrogen-bond donors (Lipinski definition) is 0. The molecule has 1 heterocycles. The van der Waals surface area contributed by atoms with Gasteiger partial charge < -0.3 is 4.43 Å². The minimum absolute atomic E-state index is 0.536. The number of nitrogens with zero attached hydrogens (tertiary/aromatic N) is 1. The molecule has 3 heteroatoms. The lowest BCUT2D eigenvalue weighted by Crippen LogP contribution is -2.50. The summed E-state index contributed by atoms with van der Waals surface area (Å²) in [5.74, 6) is 1.02. The van der Waals surface area contributed by atoms with Gasteiger partial charge in [-0.15, -0.1) is 0 Å². The molecule has 0 fully saturated rings. The van der Waals surface area contributed by atoms with Crippen LogP contribution in [-0.2, 0) is 0 Å². The molecule has 0 bridgehead atoms. The number of pyridine rings is 1. The van der Waals surface area contributed by atoms with Gasteiger partial charge in [-0.3, -0.25) is 4.98 Å². The van der Waals surface area contributed by atoms with E-state index in [4.69, 9.17) is 4.43 Å². The van der Waals surface area contributed by atoms with Crippen molar-refractivity contribution in [2.24, 2.45) is 0 Å². The number of hydrogen-bond acceptors (Lipinski definition) is 2. The van der Waals surface area contributed by atoms with E-state index < -0.39 is 8.32 Å². The van der Waals surface area contributed by atoms with Crippen LogP contribution in [0.1, 0.15) is 41.5 Å². The van der Waals surface area contributed by atoms with Gasteiger partial charge in [0, 0.05) is 23.3 Å². The molecule has 0 amide bonds. The van der Waals surface area contributed by atoms with Crippen molar-refractivity contribution in [2.75, 3.05) is 0 Å². The second kappa shape index (κ2) is 7.85. The van der Waals surface area contributed by atoms with Crippen molar-refractivity contribution in [1.29, 1.82) is 0 Å². The summed E-state index contributed by atoms with van der Waals surface area (Å²) in [4.78, 5) is 4.30. The van der Waals surface area contributed by atoms with Crippen molar-refractivity contribution in [1.82, 2.24) is 4.98 Å². The Labute approximate surface area is 164 Å². The van der Waals surface area contributed by atoms with Crippen LogP contribution in [0.3, 0.4) is 0 Å². The Balaban J connectivity index is 2.22. The van der Waals surface area contributed by atoms with E-state index in [1.54, 1.807) is 0 Å². The van der Waals surface area contributed by atoms with Gasteiger partial charge in [0.15, 0.2) is 0 Å². The van der Waals surface area contributed by atoms with Gasteiger partial charge in [0.2, 0.25) is 0 Å². The number of aromatic nitrogens is 1. The van der Waals surface area contributed by atoms with Crippen LogP contribution in [0.2, 0.25) is 16.6 Å². The van der Waals surface area contributed by atoms with E-state index >= 15 is 0 Å². The Kier molecular flexibility index (Phi) is 5.71. The summed E-state index contributed by atoms with van der Waals surface area (Å²) in [7, 11) is -2.04. The molecule has 3 aromatic rings. The van der Waals surface area contributed by atoms with Crippen molar-refractivity contribution in [3.63, 3.8) is 0 Å². The fourth-order valence-electron chi connectivity index (χ4n) is 4.59. The third-order valence-corrected chi connectivity index (χ3v) is 11.8. The number of rotatable bonds is 6. The van der Waals surface area contributed by atoms with Crippen LogP contribution >= 0.6 is 0 Å². The van der Waals surface area contributed by atoms with Gasteiger partial charge in [-0.25, -0.2) is 0 Å². The molecule has 0 aliphatic heterocycles. The molecule has 0 atom stereocenters. The van der Waals surface area contributed by atoms with E-state index in [9.17, 15) is 0 Å². The Bertz CT molecular complexity index is 881. The molecule has 142 valence electrons. The summed E-state index contributed by atoms with van der Waals surface area (Å²) in [6.45, 7) is 14.0. The zero-order valence-corrected chi connectivity index (χ0v) is 18.4. The summed E-state index contributed by atoms with van der Waals surface area (Å²) in [5.41, 5.74) is 3.96. The summed E-state index contributed by atoms with van der Waals surface area (Å²) < 4.78 is 7.10. The van der Waals surface area contributed by atoms with Crippen molar-refractivity contribution < 1.29 is 4.43 Å². The maximum absolute atomic E-state index is 7.10. The monoisotopic (exact) mass is 377 g/mol. The zero-order valence-electron chi connectivity index (χ0n) is 17.4. The van der Waals surface area contributed by atoms with Gasteiger partial charge in [-0.1, -0.05) is 71.9 Å². The quantitative estimate of drug-likeness (QED) is 0.416. The maximum Gasteiger partial charge on any atom is 0.258 e. The first-order valence-corrected chi connectivity index (χ1v) is 12.1. The van der Waals surface area contributed by atoms with Gasteiger partial charge in [0.1, 0.15) is 5.75 Å². The Morgan fingerprint density at radius 2 is 1.41 bits per heavy atom. The van der Waals surface area contributed by atoms with Crippen LogP contribution in [0.5, 0.6) is 5.75 Å². The summed E-state index contributed by atoms with van der Waals surface area (Å²) in [6.07, 6.45) is 3.79. The van der Waals surface area contributed by atoms with E-state index in [1.165, 1.54) is 10.9 Å². The highest BCUT2D eigenvalue weighted by Crippen LogP contribution is 2.45.